The first-order valence-corrected chi connectivity index (χ1v) is 15.9. The third-order valence-corrected chi connectivity index (χ3v) is 9.76. The van der Waals surface area contributed by atoms with Crippen LogP contribution in [0.15, 0.2) is 138 Å². The van der Waals surface area contributed by atoms with Crippen molar-refractivity contribution in [2.75, 3.05) is 0 Å². The van der Waals surface area contributed by atoms with Gasteiger partial charge in [0.2, 0.25) is 0 Å². The van der Waals surface area contributed by atoms with Gasteiger partial charge in [0.15, 0.2) is 17.5 Å². The molecule has 2 aliphatic carbocycles. The van der Waals surface area contributed by atoms with E-state index in [2.05, 4.69) is 74.5 Å². The number of nitrogens with zero attached hydrogens (tertiary/aromatic N) is 3. The van der Waals surface area contributed by atoms with Gasteiger partial charge >= 0.3 is 0 Å². The van der Waals surface area contributed by atoms with E-state index in [4.69, 9.17) is 19.4 Å². The predicted molar refractivity (Wildman–Crippen MR) is 187 cm³/mol. The molecule has 46 heavy (non-hydrogen) atoms. The summed E-state index contributed by atoms with van der Waals surface area (Å²) in [5.74, 6) is 2.27. The highest BCUT2D eigenvalue weighted by Crippen LogP contribution is 2.55. The number of fused-ring (bicyclic) bond motifs is 6. The fraction of sp³-hybridized carbons (Fsp3) is 0.119. The average Bonchev–Trinajstić information content (AvgIpc) is 3.60. The maximum absolute atomic E-state index is 6.59. The normalized spacial score (nSPS) is 16.6. The molecule has 1 atom stereocenters. The molecule has 1 unspecified atom stereocenters. The average molecular weight is 594 g/mol. The molecule has 7 aromatic rings. The molecule has 0 aliphatic heterocycles. The Kier molecular flexibility index (Phi) is 5.94. The number of aromatic nitrogens is 3. The second kappa shape index (κ2) is 10.2. The monoisotopic (exact) mass is 593 g/mol. The van der Waals surface area contributed by atoms with Crippen LogP contribution in [0.5, 0.6) is 0 Å². The number of hydrogen-bond donors (Lipinski definition) is 0. The van der Waals surface area contributed by atoms with Crippen LogP contribution in [0.25, 0.3) is 67.2 Å². The summed E-state index contributed by atoms with van der Waals surface area (Å²) >= 11 is 0. The quantitative estimate of drug-likeness (QED) is 0.191. The first kappa shape index (κ1) is 26.8. The molecule has 5 aromatic carbocycles. The van der Waals surface area contributed by atoms with Crippen LogP contribution < -0.4 is 0 Å². The molecule has 0 spiro atoms. The molecule has 0 saturated carbocycles. The Labute approximate surface area is 267 Å². The highest BCUT2D eigenvalue weighted by molar-refractivity contribution is 6.12. The van der Waals surface area contributed by atoms with Crippen molar-refractivity contribution in [1.82, 2.24) is 15.0 Å². The van der Waals surface area contributed by atoms with Gasteiger partial charge in [-0.1, -0.05) is 129 Å². The topological polar surface area (TPSA) is 51.8 Å². The lowest BCUT2D eigenvalue weighted by molar-refractivity contribution is 0.475. The Hall–Kier alpha value is -5.61. The Balaban J connectivity index is 1.22. The van der Waals surface area contributed by atoms with E-state index >= 15 is 0 Å². The van der Waals surface area contributed by atoms with Crippen LogP contribution in [0, 0.1) is 5.92 Å². The third-order valence-electron chi connectivity index (χ3n) is 9.76. The van der Waals surface area contributed by atoms with E-state index in [-0.39, 0.29) is 5.41 Å². The van der Waals surface area contributed by atoms with Gasteiger partial charge in [-0.3, -0.25) is 0 Å². The molecular formula is C42H31N3O. The smallest absolute Gasteiger partial charge is 0.164 e. The second-order valence-corrected chi connectivity index (χ2v) is 12.8. The summed E-state index contributed by atoms with van der Waals surface area (Å²) in [5, 5.41) is 2.07. The van der Waals surface area contributed by atoms with E-state index in [0.717, 1.165) is 45.0 Å². The van der Waals surface area contributed by atoms with E-state index in [1.54, 1.807) is 0 Å². The van der Waals surface area contributed by atoms with Crippen molar-refractivity contribution in [1.29, 1.82) is 0 Å². The minimum atomic E-state index is 0.0498. The molecule has 0 saturated heterocycles. The SMILES string of the molecule is CC1(C)c2ccccc2C2=C(c3ccc4c(c3)oc3cccc(-c5nc(-c6ccccc6)nc(-c6ccccc6)n5)c34)CC=CC21. The first-order chi connectivity index (χ1) is 22.6. The molecule has 0 radical (unpaired) electrons. The lowest BCUT2D eigenvalue weighted by Gasteiger charge is -2.29. The molecular weight excluding hydrogens is 562 g/mol. The summed E-state index contributed by atoms with van der Waals surface area (Å²) in [6.45, 7) is 4.74. The van der Waals surface area contributed by atoms with Crippen molar-refractivity contribution in [3.63, 3.8) is 0 Å². The number of hydrogen-bond acceptors (Lipinski definition) is 4. The zero-order valence-corrected chi connectivity index (χ0v) is 25.7. The fourth-order valence-electron chi connectivity index (χ4n) is 7.50. The van der Waals surface area contributed by atoms with Crippen molar-refractivity contribution >= 4 is 33.1 Å². The Morgan fingerprint density at radius 3 is 2.00 bits per heavy atom. The number of furan rings is 1. The minimum Gasteiger partial charge on any atom is -0.456 e. The van der Waals surface area contributed by atoms with Crippen LogP contribution in [0.4, 0.5) is 0 Å². The van der Waals surface area contributed by atoms with Gasteiger partial charge in [0, 0.05) is 38.8 Å². The van der Waals surface area contributed by atoms with E-state index < -0.39 is 0 Å². The van der Waals surface area contributed by atoms with Crippen LogP contribution >= 0.6 is 0 Å². The van der Waals surface area contributed by atoms with Crippen molar-refractivity contribution < 1.29 is 4.42 Å². The minimum absolute atomic E-state index is 0.0498. The zero-order valence-electron chi connectivity index (χ0n) is 25.7. The predicted octanol–water partition coefficient (Wildman–Crippen LogP) is 10.6. The molecule has 2 heterocycles. The molecule has 0 bridgehead atoms. The van der Waals surface area contributed by atoms with Gasteiger partial charge in [-0.15, -0.1) is 0 Å². The highest BCUT2D eigenvalue weighted by Gasteiger charge is 2.43. The van der Waals surface area contributed by atoms with Gasteiger partial charge in [-0.25, -0.2) is 15.0 Å². The summed E-state index contributed by atoms with van der Waals surface area (Å²) in [6, 6.07) is 41.9. The van der Waals surface area contributed by atoms with Crippen LogP contribution in [0.3, 0.4) is 0 Å². The first-order valence-electron chi connectivity index (χ1n) is 15.9. The maximum Gasteiger partial charge on any atom is 0.164 e. The molecule has 2 aliphatic rings. The van der Waals surface area contributed by atoms with Crippen LogP contribution in [0.1, 0.15) is 37.0 Å². The van der Waals surface area contributed by atoms with Gasteiger partial charge < -0.3 is 4.42 Å². The van der Waals surface area contributed by atoms with Crippen molar-refractivity contribution in [3.8, 4) is 34.2 Å². The van der Waals surface area contributed by atoms with Crippen LogP contribution in [-0.4, -0.2) is 15.0 Å². The summed E-state index contributed by atoms with van der Waals surface area (Å²) < 4.78 is 6.59. The van der Waals surface area contributed by atoms with Gasteiger partial charge in [-0.2, -0.15) is 0 Å². The van der Waals surface area contributed by atoms with E-state index in [1.807, 2.05) is 72.8 Å². The van der Waals surface area contributed by atoms with Gasteiger partial charge in [0.25, 0.3) is 0 Å². The largest absolute Gasteiger partial charge is 0.456 e. The molecule has 0 amide bonds. The fourth-order valence-corrected chi connectivity index (χ4v) is 7.50. The van der Waals surface area contributed by atoms with E-state index in [9.17, 15) is 0 Å². The zero-order chi connectivity index (χ0) is 30.8. The number of rotatable bonds is 4. The molecule has 0 fully saturated rings. The summed E-state index contributed by atoms with van der Waals surface area (Å²) in [6.07, 6.45) is 5.66. The van der Waals surface area contributed by atoms with Crippen molar-refractivity contribution in [2.45, 2.75) is 25.7 Å². The van der Waals surface area contributed by atoms with Crippen LogP contribution in [0.2, 0.25) is 0 Å². The molecule has 4 heteroatoms. The second-order valence-electron chi connectivity index (χ2n) is 12.8. The van der Waals surface area contributed by atoms with Crippen molar-refractivity contribution in [3.05, 3.63) is 150 Å². The number of allylic oxidation sites excluding steroid dienone is 4. The summed E-state index contributed by atoms with van der Waals surface area (Å²) in [5.41, 5.74) is 11.4. The highest BCUT2D eigenvalue weighted by atomic mass is 16.3. The maximum atomic E-state index is 6.59. The van der Waals surface area contributed by atoms with Crippen LogP contribution in [-0.2, 0) is 5.41 Å². The molecule has 9 rings (SSSR count). The Bertz CT molecular complexity index is 2310. The van der Waals surface area contributed by atoms with Crippen molar-refractivity contribution in [2.24, 2.45) is 5.92 Å². The summed E-state index contributed by atoms with van der Waals surface area (Å²) in [4.78, 5) is 14.9. The van der Waals surface area contributed by atoms with E-state index in [0.29, 0.717) is 23.4 Å². The molecule has 4 nitrogen and oxygen atoms in total. The van der Waals surface area contributed by atoms with Gasteiger partial charge in [0.1, 0.15) is 11.2 Å². The third kappa shape index (κ3) is 4.10. The lowest BCUT2D eigenvalue weighted by atomic mass is 9.74. The molecule has 0 N–H and O–H groups in total. The molecule has 2 aromatic heterocycles. The Morgan fingerprint density at radius 1 is 0.609 bits per heavy atom. The van der Waals surface area contributed by atoms with Gasteiger partial charge in [-0.05, 0) is 52.5 Å². The molecule has 220 valence electrons. The van der Waals surface area contributed by atoms with E-state index in [1.165, 1.54) is 27.8 Å². The van der Waals surface area contributed by atoms with Gasteiger partial charge in [0.05, 0.1) is 0 Å². The number of benzene rings is 5. The standard InChI is InChI=1S/C42H31N3O/c1-42(2)33-20-10-9-17-30(33)37-29(18-11-21-34(37)42)28-23-24-31-36(25-28)46-35-22-12-19-32(38(31)35)41-44-39(26-13-5-3-6-14-26)43-40(45-41)27-15-7-4-8-16-27/h3-17,19-25,34H,18H2,1-2H3. The lowest BCUT2D eigenvalue weighted by Crippen LogP contribution is -2.23. The summed E-state index contributed by atoms with van der Waals surface area (Å²) in [7, 11) is 0. The Morgan fingerprint density at radius 2 is 1.26 bits per heavy atom.